The quantitative estimate of drug-likeness (QED) is 0.736. The number of aromatic nitrogens is 4. The van der Waals surface area contributed by atoms with Gasteiger partial charge in [0.05, 0.1) is 12.2 Å². The fraction of sp³-hybridized carbons (Fsp3) is 0.154. The second-order valence-electron chi connectivity index (χ2n) is 4.17. The van der Waals surface area contributed by atoms with Crippen molar-refractivity contribution in [2.75, 3.05) is 0 Å². The van der Waals surface area contributed by atoms with Crippen LogP contribution in [0.1, 0.15) is 11.4 Å². The normalized spacial score (nSPS) is 11.0. The highest BCUT2D eigenvalue weighted by molar-refractivity contribution is 5.60. The number of hydrogen-bond donors (Lipinski definition) is 1. The van der Waals surface area contributed by atoms with Gasteiger partial charge in [-0.1, -0.05) is 29.8 Å². The average Bonchev–Trinajstić information content (AvgIpc) is 2.81. The second-order valence-corrected chi connectivity index (χ2v) is 4.17. The van der Waals surface area contributed by atoms with Crippen molar-refractivity contribution in [3.8, 4) is 11.3 Å². The zero-order chi connectivity index (χ0) is 12.5. The molecule has 0 saturated carbocycles. The Morgan fingerprint density at radius 3 is 2.56 bits per heavy atom. The van der Waals surface area contributed by atoms with Crippen LogP contribution in [0.25, 0.3) is 16.9 Å². The zero-order valence-corrected chi connectivity index (χ0v) is 10.0. The smallest absolute Gasteiger partial charge is 0.177 e. The Bertz CT molecular complexity index is 684. The largest absolute Gasteiger partial charge is 0.324 e. The highest BCUT2D eigenvalue weighted by Crippen LogP contribution is 2.17. The van der Waals surface area contributed by atoms with E-state index in [-0.39, 0.29) is 0 Å². The molecular weight excluding hydrogens is 226 g/mol. The van der Waals surface area contributed by atoms with Crippen LogP contribution in [0.3, 0.4) is 0 Å². The lowest BCUT2D eigenvalue weighted by atomic mass is 10.1. The minimum Gasteiger partial charge on any atom is -0.324 e. The number of nitrogens with two attached hydrogens (primary N) is 1. The first kappa shape index (κ1) is 10.9. The van der Waals surface area contributed by atoms with Crippen LogP contribution in [0.2, 0.25) is 0 Å². The van der Waals surface area contributed by atoms with Gasteiger partial charge in [0.1, 0.15) is 0 Å². The van der Waals surface area contributed by atoms with Crippen molar-refractivity contribution in [1.29, 1.82) is 0 Å². The second kappa shape index (κ2) is 4.19. The predicted molar refractivity (Wildman–Crippen MR) is 68.8 cm³/mol. The molecule has 5 heteroatoms. The molecule has 3 aromatic rings. The van der Waals surface area contributed by atoms with E-state index >= 15 is 0 Å². The molecular formula is C13H13N5. The van der Waals surface area contributed by atoms with Crippen molar-refractivity contribution in [3.63, 3.8) is 0 Å². The standard InChI is InChI=1S/C13H13N5/c1-9-2-4-10(5-3-9)11-6-7-12-15-16-13(8-14)18(12)17-11/h2-7H,8,14H2,1H3. The van der Waals surface area contributed by atoms with Crippen molar-refractivity contribution < 1.29 is 0 Å². The molecule has 2 N–H and O–H groups in total. The number of benzene rings is 1. The van der Waals surface area contributed by atoms with E-state index in [1.807, 2.05) is 12.1 Å². The Balaban J connectivity index is 2.14. The van der Waals surface area contributed by atoms with E-state index in [1.165, 1.54) is 5.56 Å². The van der Waals surface area contributed by atoms with Crippen LogP contribution in [-0.4, -0.2) is 19.8 Å². The molecule has 2 aromatic heterocycles. The van der Waals surface area contributed by atoms with Crippen LogP contribution in [0.4, 0.5) is 0 Å². The molecule has 3 rings (SSSR count). The maximum atomic E-state index is 5.61. The van der Waals surface area contributed by atoms with E-state index in [4.69, 9.17) is 5.73 Å². The third-order valence-corrected chi connectivity index (χ3v) is 2.86. The highest BCUT2D eigenvalue weighted by Gasteiger charge is 2.06. The van der Waals surface area contributed by atoms with Gasteiger partial charge in [0.2, 0.25) is 0 Å². The fourth-order valence-corrected chi connectivity index (χ4v) is 1.84. The molecule has 0 atom stereocenters. The van der Waals surface area contributed by atoms with Gasteiger partial charge in [-0.15, -0.1) is 10.2 Å². The van der Waals surface area contributed by atoms with Crippen LogP contribution in [0.5, 0.6) is 0 Å². The lowest BCUT2D eigenvalue weighted by Gasteiger charge is -2.02. The molecule has 90 valence electrons. The van der Waals surface area contributed by atoms with Crippen molar-refractivity contribution >= 4 is 5.65 Å². The van der Waals surface area contributed by atoms with Crippen molar-refractivity contribution in [3.05, 3.63) is 47.8 Å². The fourth-order valence-electron chi connectivity index (χ4n) is 1.84. The van der Waals surface area contributed by atoms with Crippen LogP contribution in [0.15, 0.2) is 36.4 Å². The van der Waals surface area contributed by atoms with Gasteiger partial charge in [0, 0.05) is 5.56 Å². The van der Waals surface area contributed by atoms with Crippen LogP contribution >= 0.6 is 0 Å². The number of nitrogens with zero attached hydrogens (tertiary/aromatic N) is 4. The summed E-state index contributed by atoms with van der Waals surface area (Å²) < 4.78 is 1.69. The SMILES string of the molecule is Cc1ccc(-c2ccc3nnc(CN)n3n2)cc1. The highest BCUT2D eigenvalue weighted by atomic mass is 15.4. The van der Waals surface area contributed by atoms with Gasteiger partial charge in [-0.05, 0) is 19.1 Å². The first-order valence-electron chi connectivity index (χ1n) is 5.76. The van der Waals surface area contributed by atoms with Crippen LogP contribution < -0.4 is 5.73 Å². The molecule has 0 radical (unpaired) electrons. The molecule has 1 aromatic carbocycles. The lowest BCUT2D eigenvalue weighted by Crippen LogP contribution is -2.05. The molecule has 0 saturated heterocycles. The molecule has 2 heterocycles. The Kier molecular flexibility index (Phi) is 2.53. The number of hydrogen-bond acceptors (Lipinski definition) is 4. The number of rotatable bonds is 2. The summed E-state index contributed by atoms with van der Waals surface area (Å²) in [5.41, 5.74) is 9.50. The minimum absolute atomic E-state index is 0.325. The molecule has 0 unspecified atom stereocenters. The molecule has 0 aliphatic rings. The summed E-state index contributed by atoms with van der Waals surface area (Å²) in [7, 11) is 0. The predicted octanol–water partition coefficient (Wildman–Crippen LogP) is 1.56. The van der Waals surface area contributed by atoms with E-state index in [0.29, 0.717) is 18.0 Å². The van der Waals surface area contributed by atoms with E-state index in [9.17, 15) is 0 Å². The third kappa shape index (κ3) is 1.74. The van der Waals surface area contributed by atoms with Gasteiger partial charge in [0.15, 0.2) is 11.5 Å². The number of fused-ring (bicyclic) bond motifs is 1. The maximum Gasteiger partial charge on any atom is 0.177 e. The van der Waals surface area contributed by atoms with Gasteiger partial charge in [-0.3, -0.25) is 0 Å². The van der Waals surface area contributed by atoms with Crippen molar-refractivity contribution in [2.24, 2.45) is 5.73 Å². The molecule has 0 bridgehead atoms. The molecule has 18 heavy (non-hydrogen) atoms. The third-order valence-electron chi connectivity index (χ3n) is 2.86. The van der Waals surface area contributed by atoms with E-state index < -0.39 is 0 Å². The average molecular weight is 239 g/mol. The number of aryl methyl sites for hydroxylation is 1. The van der Waals surface area contributed by atoms with Crippen LogP contribution in [-0.2, 0) is 6.54 Å². The summed E-state index contributed by atoms with van der Waals surface area (Å²) in [6.07, 6.45) is 0. The molecule has 0 spiro atoms. The first-order chi connectivity index (χ1) is 8.78. The molecule has 0 aliphatic heterocycles. The maximum absolute atomic E-state index is 5.61. The molecule has 0 amide bonds. The van der Waals surface area contributed by atoms with Crippen molar-refractivity contribution in [1.82, 2.24) is 19.8 Å². The van der Waals surface area contributed by atoms with Gasteiger partial charge < -0.3 is 5.73 Å². The summed E-state index contributed by atoms with van der Waals surface area (Å²) in [5, 5.41) is 12.5. The molecule has 0 aliphatic carbocycles. The van der Waals surface area contributed by atoms with Gasteiger partial charge >= 0.3 is 0 Å². The van der Waals surface area contributed by atoms with Gasteiger partial charge in [0.25, 0.3) is 0 Å². The van der Waals surface area contributed by atoms with E-state index in [1.54, 1.807) is 4.52 Å². The summed E-state index contributed by atoms with van der Waals surface area (Å²) in [6, 6.07) is 12.1. The zero-order valence-electron chi connectivity index (χ0n) is 10.0. The van der Waals surface area contributed by atoms with Crippen LogP contribution in [0, 0.1) is 6.92 Å². The molecule has 5 nitrogen and oxygen atoms in total. The summed E-state index contributed by atoms with van der Waals surface area (Å²) in [6.45, 7) is 2.39. The van der Waals surface area contributed by atoms with E-state index in [0.717, 1.165) is 11.3 Å². The lowest BCUT2D eigenvalue weighted by molar-refractivity contribution is 0.811. The summed E-state index contributed by atoms with van der Waals surface area (Å²) in [5.74, 6) is 0.666. The summed E-state index contributed by atoms with van der Waals surface area (Å²) in [4.78, 5) is 0. The monoisotopic (exact) mass is 239 g/mol. The Morgan fingerprint density at radius 2 is 1.83 bits per heavy atom. The Labute approximate surface area is 104 Å². The van der Waals surface area contributed by atoms with E-state index in [2.05, 4.69) is 46.5 Å². The first-order valence-corrected chi connectivity index (χ1v) is 5.76. The summed E-state index contributed by atoms with van der Waals surface area (Å²) >= 11 is 0. The Hall–Kier alpha value is -2.27. The minimum atomic E-state index is 0.325. The van der Waals surface area contributed by atoms with Crippen molar-refractivity contribution in [2.45, 2.75) is 13.5 Å². The topological polar surface area (TPSA) is 69.1 Å². The Morgan fingerprint density at radius 1 is 1.06 bits per heavy atom. The molecule has 0 fully saturated rings. The van der Waals surface area contributed by atoms with Gasteiger partial charge in [-0.25, -0.2) is 0 Å². The van der Waals surface area contributed by atoms with Gasteiger partial charge in [-0.2, -0.15) is 9.61 Å².